The molecule has 1 nitrogen and oxygen atoms in total. The zero-order valence-electron chi connectivity index (χ0n) is 8.37. The van der Waals surface area contributed by atoms with Gasteiger partial charge in [-0.2, -0.15) is 0 Å². The van der Waals surface area contributed by atoms with Crippen LogP contribution in [0.3, 0.4) is 0 Å². The van der Waals surface area contributed by atoms with Crippen molar-refractivity contribution < 1.29 is 4.74 Å². The fourth-order valence-electron chi connectivity index (χ4n) is 2.01. The summed E-state index contributed by atoms with van der Waals surface area (Å²) in [5.41, 5.74) is 1.41. The third kappa shape index (κ3) is 2.18. The Balaban J connectivity index is 2.13. The molecule has 1 aliphatic heterocycles. The molecule has 0 spiro atoms. The van der Waals surface area contributed by atoms with Gasteiger partial charge in [-0.15, -0.1) is 0 Å². The molecule has 2 atom stereocenters. The van der Waals surface area contributed by atoms with Crippen LogP contribution in [-0.2, 0) is 4.74 Å². The van der Waals surface area contributed by atoms with Crippen LogP contribution in [0.5, 0.6) is 0 Å². The lowest BCUT2D eigenvalue weighted by Gasteiger charge is -2.17. The van der Waals surface area contributed by atoms with Crippen molar-refractivity contribution in [3.63, 3.8) is 0 Å². The molecular formula is C12H15BrO. The first-order valence-electron chi connectivity index (χ1n) is 5.10. The Morgan fingerprint density at radius 2 is 2.36 bits per heavy atom. The molecule has 2 rings (SSSR count). The lowest BCUT2D eigenvalue weighted by Crippen LogP contribution is -2.09. The summed E-state index contributed by atoms with van der Waals surface area (Å²) in [6.07, 6.45) is 1.20. The van der Waals surface area contributed by atoms with Crippen molar-refractivity contribution in [2.75, 3.05) is 13.2 Å². The lowest BCUT2D eigenvalue weighted by atomic mass is 9.87. The molecule has 1 saturated heterocycles. The maximum absolute atomic E-state index is 5.42. The molecule has 0 amide bonds. The Morgan fingerprint density at radius 1 is 1.50 bits per heavy atom. The van der Waals surface area contributed by atoms with Gasteiger partial charge in [0, 0.05) is 11.1 Å². The summed E-state index contributed by atoms with van der Waals surface area (Å²) >= 11 is 3.51. The Morgan fingerprint density at radius 3 is 3.00 bits per heavy atom. The van der Waals surface area contributed by atoms with Crippen LogP contribution >= 0.6 is 15.9 Å². The molecule has 1 aliphatic rings. The van der Waals surface area contributed by atoms with E-state index in [1.807, 2.05) is 0 Å². The summed E-state index contributed by atoms with van der Waals surface area (Å²) in [6.45, 7) is 4.15. The average Bonchev–Trinajstić information content (AvgIpc) is 2.69. The zero-order valence-corrected chi connectivity index (χ0v) is 9.96. The number of benzene rings is 1. The van der Waals surface area contributed by atoms with Gasteiger partial charge in [-0.25, -0.2) is 0 Å². The first kappa shape index (κ1) is 10.2. The molecule has 2 unspecified atom stereocenters. The predicted molar refractivity (Wildman–Crippen MR) is 61.5 cm³/mol. The molecule has 0 bridgehead atoms. The summed E-state index contributed by atoms with van der Waals surface area (Å²) < 4.78 is 6.59. The van der Waals surface area contributed by atoms with E-state index < -0.39 is 0 Å². The highest BCUT2D eigenvalue weighted by atomic mass is 79.9. The standard InChI is InChI=1S/C12H15BrO/c1-9(11-5-6-14-8-11)10-3-2-4-12(13)7-10/h2-4,7,9,11H,5-6,8H2,1H3. The van der Waals surface area contributed by atoms with E-state index in [9.17, 15) is 0 Å². The number of hydrogen-bond donors (Lipinski definition) is 0. The Kier molecular flexibility index (Phi) is 3.24. The molecule has 0 aliphatic carbocycles. The van der Waals surface area contributed by atoms with Gasteiger partial charge in [0.25, 0.3) is 0 Å². The molecule has 1 heterocycles. The minimum absolute atomic E-state index is 0.606. The Hall–Kier alpha value is -0.340. The second-order valence-electron chi connectivity index (χ2n) is 3.97. The number of hydrogen-bond acceptors (Lipinski definition) is 1. The highest BCUT2D eigenvalue weighted by Gasteiger charge is 2.23. The number of ether oxygens (including phenoxy) is 1. The maximum Gasteiger partial charge on any atom is 0.0500 e. The van der Waals surface area contributed by atoms with Crippen LogP contribution in [0.1, 0.15) is 24.8 Å². The van der Waals surface area contributed by atoms with Crippen molar-refractivity contribution in [3.05, 3.63) is 34.3 Å². The van der Waals surface area contributed by atoms with E-state index in [0.717, 1.165) is 13.2 Å². The number of halogens is 1. The molecule has 0 aromatic heterocycles. The quantitative estimate of drug-likeness (QED) is 0.784. The maximum atomic E-state index is 5.42. The molecule has 14 heavy (non-hydrogen) atoms. The van der Waals surface area contributed by atoms with Crippen molar-refractivity contribution >= 4 is 15.9 Å². The summed E-state index contributed by atoms with van der Waals surface area (Å²) in [6, 6.07) is 8.59. The van der Waals surface area contributed by atoms with E-state index in [-0.39, 0.29) is 0 Å². The SMILES string of the molecule is CC(c1cccc(Br)c1)C1CCOC1. The fraction of sp³-hybridized carbons (Fsp3) is 0.500. The summed E-state index contributed by atoms with van der Waals surface area (Å²) in [4.78, 5) is 0. The van der Waals surface area contributed by atoms with Crippen LogP contribution in [0.2, 0.25) is 0 Å². The Labute approximate surface area is 93.6 Å². The highest BCUT2D eigenvalue weighted by Crippen LogP contribution is 2.31. The third-order valence-electron chi connectivity index (χ3n) is 3.05. The van der Waals surface area contributed by atoms with Gasteiger partial charge in [-0.1, -0.05) is 35.0 Å². The van der Waals surface area contributed by atoms with Gasteiger partial charge in [-0.3, -0.25) is 0 Å². The molecule has 1 aromatic rings. The second-order valence-corrected chi connectivity index (χ2v) is 4.88. The van der Waals surface area contributed by atoms with Gasteiger partial charge in [-0.05, 0) is 36.0 Å². The van der Waals surface area contributed by atoms with Crippen molar-refractivity contribution in [1.82, 2.24) is 0 Å². The van der Waals surface area contributed by atoms with Gasteiger partial charge in [0.1, 0.15) is 0 Å². The van der Waals surface area contributed by atoms with E-state index in [2.05, 4.69) is 47.1 Å². The van der Waals surface area contributed by atoms with Crippen LogP contribution in [0.15, 0.2) is 28.7 Å². The third-order valence-corrected chi connectivity index (χ3v) is 3.54. The minimum Gasteiger partial charge on any atom is -0.381 e. The highest BCUT2D eigenvalue weighted by molar-refractivity contribution is 9.10. The monoisotopic (exact) mass is 254 g/mol. The normalized spacial score (nSPS) is 23.7. The van der Waals surface area contributed by atoms with Crippen LogP contribution in [0.25, 0.3) is 0 Å². The lowest BCUT2D eigenvalue weighted by molar-refractivity contribution is 0.181. The largest absolute Gasteiger partial charge is 0.381 e. The van der Waals surface area contributed by atoms with E-state index in [1.54, 1.807) is 0 Å². The molecule has 0 N–H and O–H groups in total. The summed E-state index contributed by atoms with van der Waals surface area (Å²) in [7, 11) is 0. The first-order valence-corrected chi connectivity index (χ1v) is 5.90. The topological polar surface area (TPSA) is 9.23 Å². The van der Waals surface area contributed by atoms with Crippen LogP contribution in [-0.4, -0.2) is 13.2 Å². The fourth-order valence-corrected chi connectivity index (χ4v) is 2.43. The molecule has 76 valence electrons. The van der Waals surface area contributed by atoms with Crippen molar-refractivity contribution in [1.29, 1.82) is 0 Å². The molecule has 1 aromatic carbocycles. The molecule has 2 heteroatoms. The molecule has 1 fully saturated rings. The second kappa shape index (κ2) is 4.45. The van der Waals surface area contributed by atoms with E-state index >= 15 is 0 Å². The van der Waals surface area contributed by atoms with Crippen LogP contribution in [0.4, 0.5) is 0 Å². The van der Waals surface area contributed by atoms with Gasteiger partial charge in [0.15, 0.2) is 0 Å². The van der Waals surface area contributed by atoms with Gasteiger partial charge < -0.3 is 4.74 Å². The molecule has 0 radical (unpaired) electrons. The predicted octanol–water partition coefficient (Wildman–Crippen LogP) is 3.59. The van der Waals surface area contributed by atoms with Gasteiger partial charge >= 0.3 is 0 Å². The van der Waals surface area contributed by atoms with Gasteiger partial charge in [0.2, 0.25) is 0 Å². The van der Waals surface area contributed by atoms with Crippen molar-refractivity contribution in [2.24, 2.45) is 5.92 Å². The van der Waals surface area contributed by atoms with Crippen molar-refractivity contribution in [3.8, 4) is 0 Å². The van der Waals surface area contributed by atoms with E-state index in [1.165, 1.54) is 16.5 Å². The summed E-state index contributed by atoms with van der Waals surface area (Å²) in [5, 5.41) is 0. The van der Waals surface area contributed by atoms with E-state index in [0.29, 0.717) is 11.8 Å². The Bertz CT molecular complexity index is 305. The molecule has 0 saturated carbocycles. The van der Waals surface area contributed by atoms with Crippen LogP contribution in [0, 0.1) is 5.92 Å². The smallest absolute Gasteiger partial charge is 0.0500 e. The first-order chi connectivity index (χ1) is 6.77. The zero-order chi connectivity index (χ0) is 9.97. The van der Waals surface area contributed by atoms with Gasteiger partial charge in [0.05, 0.1) is 6.61 Å². The summed E-state index contributed by atoms with van der Waals surface area (Å²) in [5.74, 6) is 1.30. The molecular weight excluding hydrogens is 240 g/mol. The minimum atomic E-state index is 0.606. The average molecular weight is 255 g/mol. The van der Waals surface area contributed by atoms with Crippen molar-refractivity contribution in [2.45, 2.75) is 19.3 Å². The van der Waals surface area contributed by atoms with Crippen LogP contribution < -0.4 is 0 Å². The number of rotatable bonds is 2. The van der Waals surface area contributed by atoms with E-state index in [4.69, 9.17) is 4.74 Å².